The molecule has 2 aliphatic rings. The summed E-state index contributed by atoms with van der Waals surface area (Å²) in [4.78, 5) is 24.4. The first-order valence-corrected chi connectivity index (χ1v) is 16.2. The number of aliphatic hydroxyl groups excluding tert-OH is 1. The van der Waals surface area contributed by atoms with Crippen LogP contribution < -0.4 is 0 Å². The van der Waals surface area contributed by atoms with Crippen LogP contribution in [-0.2, 0) is 15.9 Å². The average molecular weight is 646 g/mol. The van der Waals surface area contributed by atoms with E-state index >= 15 is 0 Å². The van der Waals surface area contributed by atoms with Crippen LogP contribution >= 0.6 is 0 Å². The predicted octanol–water partition coefficient (Wildman–Crippen LogP) is 8.78. The minimum atomic E-state index is -1.26. The maximum absolute atomic E-state index is 14.0. The zero-order valence-corrected chi connectivity index (χ0v) is 27.6. The Bertz CT molecular complexity index is 1980. The van der Waals surface area contributed by atoms with Gasteiger partial charge in [0.15, 0.2) is 6.29 Å². The normalized spacial score (nSPS) is 17.5. The van der Waals surface area contributed by atoms with Gasteiger partial charge in [0.05, 0.1) is 12.3 Å². The number of carbonyl (C=O) groups excluding carboxylic acids is 1. The number of halogens is 1. The van der Waals surface area contributed by atoms with Crippen molar-refractivity contribution in [1.29, 1.82) is 0 Å². The Morgan fingerprint density at radius 3 is 2.69 bits per heavy atom. The highest BCUT2D eigenvalue weighted by Crippen LogP contribution is 2.36. The lowest BCUT2D eigenvalue weighted by molar-refractivity contribution is -0.0581. The van der Waals surface area contributed by atoms with Gasteiger partial charge in [-0.05, 0) is 104 Å². The molecule has 0 radical (unpaired) electrons. The maximum atomic E-state index is 14.0. The van der Waals surface area contributed by atoms with E-state index in [0.29, 0.717) is 24.1 Å². The van der Waals surface area contributed by atoms with Gasteiger partial charge in [0.2, 0.25) is 0 Å². The number of amides is 1. The molecule has 8 heteroatoms. The highest BCUT2D eigenvalue weighted by molar-refractivity contribution is 5.95. The molecule has 2 heterocycles. The van der Waals surface area contributed by atoms with Gasteiger partial charge in [-0.2, -0.15) is 4.99 Å². The number of ether oxygens (including phenoxy) is 2. The fourth-order valence-corrected chi connectivity index (χ4v) is 6.10. The number of H-pyrrole nitrogens is 1. The van der Waals surface area contributed by atoms with Crippen LogP contribution in [0.15, 0.2) is 113 Å². The average Bonchev–Trinajstić information content (AvgIpc) is 3.39. The monoisotopic (exact) mass is 645 g/mol. The van der Waals surface area contributed by atoms with E-state index in [-0.39, 0.29) is 24.3 Å². The van der Waals surface area contributed by atoms with Crippen molar-refractivity contribution in [1.82, 2.24) is 4.98 Å². The number of allylic oxidation sites excluding steroid dienone is 5. The van der Waals surface area contributed by atoms with Gasteiger partial charge >= 0.3 is 6.09 Å². The third-order valence-corrected chi connectivity index (χ3v) is 8.43. The second kappa shape index (κ2) is 14.1. The molecule has 0 fully saturated rings. The molecule has 7 nitrogen and oxygen atoms in total. The number of aromatic nitrogens is 1. The number of hydrogen-bond donors (Lipinski definition) is 2. The maximum Gasteiger partial charge on any atom is 0.433 e. The minimum Gasteiger partial charge on any atom is -0.442 e. The van der Waals surface area contributed by atoms with Gasteiger partial charge in [0.25, 0.3) is 0 Å². The summed E-state index contributed by atoms with van der Waals surface area (Å²) in [6.07, 6.45) is 10.8. The molecule has 0 saturated carbocycles. The second-order valence-corrected chi connectivity index (χ2v) is 13.3. The molecule has 2 bridgehead atoms. The van der Waals surface area contributed by atoms with E-state index in [1.54, 1.807) is 46.2 Å². The van der Waals surface area contributed by atoms with Gasteiger partial charge in [-0.3, -0.25) is 4.99 Å². The number of nitrogens with zero attached hydrogens (tertiary/aromatic N) is 2. The van der Waals surface area contributed by atoms with Gasteiger partial charge in [-0.1, -0.05) is 60.7 Å². The molecule has 0 spiro atoms. The Balaban J connectivity index is 1.18. The van der Waals surface area contributed by atoms with E-state index in [2.05, 4.69) is 39.3 Å². The number of aryl methyl sites for hydroxylation is 1. The van der Waals surface area contributed by atoms with Crippen molar-refractivity contribution in [2.24, 2.45) is 21.8 Å². The standard InChI is InChI=1S/C40H40FN3O4/c1-25-17-28(15-16-35(25)41)32-9-5-6-10-33(32)29-13-14-30-19-26(18-29)21-43-37(30)38(45)47-24-27(22-44-39(46)48-40(2,3)4)20-31-23-42-36-12-8-7-11-34(31)36/h5-18,21-23,27,30,38,42,45H,19-20,24H2,1-4H3. The van der Waals surface area contributed by atoms with Gasteiger partial charge in [0.1, 0.15) is 11.4 Å². The quantitative estimate of drug-likeness (QED) is 0.141. The van der Waals surface area contributed by atoms with Gasteiger partial charge < -0.3 is 19.6 Å². The van der Waals surface area contributed by atoms with E-state index in [4.69, 9.17) is 9.47 Å². The van der Waals surface area contributed by atoms with Crippen LogP contribution in [0.4, 0.5) is 9.18 Å². The van der Waals surface area contributed by atoms with Crippen LogP contribution in [0.1, 0.15) is 43.9 Å². The summed E-state index contributed by atoms with van der Waals surface area (Å²) in [6.45, 7) is 7.25. The molecule has 1 aliphatic carbocycles. The zero-order chi connectivity index (χ0) is 33.8. The SMILES string of the molecule is Cc1cc(-c2ccccc2C2=CC3=CN=C(C(O)OCC(C=NC(=O)OC(C)(C)C)Cc4c[nH]c5ccccc45)C(C=C2)C3)ccc1F. The first-order valence-electron chi connectivity index (χ1n) is 16.2. The summed E-state index contributed by atoms with van der Waals surface area (Å²) >= 11 is 0. The topological polar surface area (TPSA) is 96.3 Å². The van der Waals surface area contributed by atoms with Crippen molar-refractivity contribution < 1.29 is 23.8 Å². The largest absolute Gasteiger partial charge is 0.442 e. The molecular formula is C40H40FN3O4. The van der Waals surface area contributed by atoms with Gasteiger partial charge in [-0.15, -0.1) is 0 Å². The van der Waals surface area contributed by atoms with Crippen LogP contribution in [0.25, 0.3) is 27.6 Å². The number of nitrogens with one attached hydrogen (secondary N) is 1. The fourth-order valence-electron chi connectivity index (χ4n) is 6.10. The summed E-state index contributed by atoms with van der Waals surface area (Å²) in [5.41, 5.74) is 7.52. The second-order valence-electron chi connectivity index (χ2n) is 13.3. The van der Waals surface area contributed by atoms with Crippen molar-refractivity contribution in [3.8, 4) is 11.1 Å². The molecule has 6 rings (SSSR count). The van der Waals surface area contributed by atoms with Gasteiger partial charge in [0, 0.05) is 41.4 Å². The van der Waals surface area contributed by atoms with Crippen molar-refractivity contribution >= 4 is 34.5 Å². The van der Waals surface area contributed by atoms with Crippen LogP contribution in [0.5, 0.6) is 0 Å². The summed E-state index contributed by atoms with van der Waals surface area (Å²) in [5, 5.41) is 12.3. The number of aliphatic hydroxyl groups is 1. The number of fused-ring (bicyclic) bond motifs is 3. The highest BCUT2D eigenvalue weighted by atomic mass is 19.1. The Hall–Kier alpha value is -4.92. The molecule has 4 aromatic rings. The lowest BCUT2D eigenvalue weighted by Gasteiger charge is -2.24. The Labute approximate surface area is 280 Å². The number of benzene rings is 3. The molecular weight excluding hydrogens is 605 g/mol. The van der Waals surface area contributed by atoms with E-state index in [9.17, 15) is 14.3 Å². The molecule has 1 aromatic heterocycles. The number of para-hydroxylation sites is 1. The predicted molar refractivity (Wildman–Crippen MR) is 189 cm³/mol. The molecule has 3 aromatic carbocycles. The number of rotatable bonds is 9. The molecule has 48 heavy (non-hydrogen) atoms. The highest BCUT2D eigenvalue weighted by Gasteiger charge is 2.28. The lowest BCUT2D eigenvalue weighted by atomic mass is 9.92. The van der Waals surface area contributed by atoms with Crippen LogP contribution in [0.3, 0.4) is 0 Å². The lowest BCUT2D eigenvalue weighted by Crippen LogP contribution is -2.33. The number of aromatic amines is 1. The first kappa shape index (κ1) is 33.0. The number of carbonyl (C=O) groups is 1. The summed E-state index contributed by atoms with van der Waals surface area (Å²) in [7, 11) is 0. The third-order valence-electron chi connectivity index (χ3n) is 8.43. The van der Waals surface area contributed by atoms with Crippen LogP contribution in [0, 0.1) is 24.6 Å². The molecule has 3 unspecified atom stereocenters. The first-order chi connectivity index (χ1) is 23.0. The molecule has 0 saturated heterocycles. The summed E-state index contributed by atoms with van der Waals surface area (Å²) in [6, 6.07) is 21.3. The van der Waals surface area contributed by atoms with Crippen molar-refractivity contribution in [2.45, 2.75) is 52.4 Å². The van der Waals surface area contributed by atoms with Crippen LogP contribution in [0.2, 0.25) is 0 Å². The van der Waals surface area contributed by atoms with Crippen molar-refractivity contribution in [2.75, 3.05) is 6.61 Å². The Kier molecular flexibility index (Phi) is 9.66. The van der Waals surface area contributed by atoms with E-state index in [0.717, 1.165) is 44.3 Å². The minimum absolute atomic E-state index is 0.104. The Morgan fingerprint density at radius 2 is 1.90 bits per heavy atom. The summed E-state index contributed by atoms with van der Waals surface area (Å²) in [5.74, 6) is -0.725. The molecule has 1 amide bonds. The van der Waals surface area contributed by atoms with Crippen LogP contribution in [-0.4, -0.2) is 46.6 Å². The smallest absolute Gasteiger partial charge is 0.433 e. The molecule has 3 atom stereocenters. The number of hydrogen-bond acceptors (Lipinski definition) is 5. The van der Waals surface area contributed by atoms with Crippen molar-refractivity contribution in [3.63, 3.8) is 0 Å². The third kappa shape index (κ3) is 7.78. The molecule has 1 aliphatic heterocycles. The van der Waals surface area contributed by atoms with E-state index in [1.807, 2.05) is 54.7 Å². The van der Waals surface area contributed by atoms with E-state index < -0.39 is 18.0 Å². The zero-order valence-electron chi connectivity index (χ0n) is 27.6. The van der Waals surface area contributed by atoms with Gasteiger partial charge in [-0.25, -0.2) is 9.18 Å². The molecule has 2 N–H and O–H groups in total. The van der Waals surface area contributed by atoms with E-state index in [1.165, 1.54) is 6.07 Å². The number of aliphatic imine (C=N–C) groups is 2. The van der Waals surface area contributed by atoms with Crippen molar-refractivity contribution in [3.05, 3.63) is 125 Å². The fraction of sp³-hybridized carbons (Fsp3) is 0.275. The Morgan fingerprint density at radius 1 is 1.12 bits per heavy atom. The molecule has 246 valence electrons. The summed E-state index contributed by atoms with van der Waals surface area (Å²) < 4.78 is 25.4.